The summed E-state index contributed by atoms with van der Waals surface area (Å²) in [6.45, 7) is 2.37. The summed E-state index contributed by atoms with van der Waals surface area (Å²) in [6, 6.07) is 0. The van der Waals surface area contributed by atoms with Gasteiger partial charge in [-0.15, -0.1) is 0 Å². The van der Waals surface area contributed by atoms with Gasteiger partial charge in [0.1, 0.15) is 0 Å². The van der Waals surface area contributed by atoms with Crippen molar-refractivity contribution in [1.82, 2.24) is 0 Å². The molecule has 0 amide bonds. The molecule has 0 bridgehead atoms. The van der Waals surface area contributed by atoms with Crippen molar-refractivity contribution in [2.75, 3.05) is 34.5 Å². The molecule has 0 radical (unpaired) electrons. The van der Waals surface area contributed by atoms with Gasteiger partial charge in [-0.3, -0.25) is 0 Å². The summed E-state index contributed by atoms with van der Waals surface area (Å²) in [5, 5.41) is 0. The molecule has 0 fully saturated rings. The first-order valence-corrected chi connectivity index (χ1v) is 6.86. The molecule has 0 saturated carbocycles. The summed E-state index contributed by atoms with van der Waals surface area (Å²) in [5.41, 5.74) is 0. The van der Waals surface area contributed by atoms with Crippen molar-refractivity contribution in [3.8, 4) is 0 Å². The van der Waals surface area contributed by atoms with Crippen molar-refractivity contribution in [2.45, 2.75) is 13.3 Å². The van der Waals surface area contributed by atoms with E-state index in [4.69, 9.17) is 22.4 Å². The van der Waals surface area contributed by atoms with Gasteiger partial charge in [0.05, 0.1) is 6.61 Å². The van der Waals surface area contributed by atoms with Crippen LogP contribution >= 0.6 is 0 Å². The van der Waals surface area contributed by atoms with E-state index < -0.39 is 9.05 Å². The fourth-order valence-electron chi connectivity index (χ4n) is 1.04. The molecule has 0 aliphatic carbocycles. The van der Waals surface area contributed by atoms with E-state index >= 15 is 0 Å². The molecular weight excluding hydrogens is 244 g/mol. The number of rotatable bonds is 9. The fraction of sp³-hybridized carbons (Fsp3) is 0.700. The molecule has 0 aliphatic rings. The van der Waals surface area contributed by atoms with Gasteiger partial charge in [0, 0.05) is 40.4 Å². The van der Waals surface area contributed by atoms with Crippen LogP contribution in [0.2, 0.25) is 0 Å². The smallest absolute Gasteiger partial charge is 0.462 e. The first kappa shape index (κ1) is 16.3. The van der Waals surface area contributed by atoms with Crippen LogP contribution in [0.3, 0.4) is 0 Å². The molecular formula is C10H20O6Si. The fourth-order valence-corrected chi connectivity index (χ4v) is 2.29. The molecule has 0 aliphatic heterocycles. The minimum Gasteiger partial charge on any atom is -0.462 e. The van der Waals surface area contributed by atoms with E-state index in [1.807, 2.05) is 0 Å². The zero-order chi connectivity index (χ0) is 13.1. The third kappa shape index (κ3) is 6.54. The summed E-state index contributed by atoms with van der Waals surface area (Å²) >= 11 is 0. The molecule has 17 heavy (non-hydrogen) atoms. The van der Waals surface area contributed by atoms with Crippen LogP contribution in [0.15, 0.2) is 12.2 Å². The Hall–Kier alpha value is -0.733. The summed E-state index contributed by atoms with van der Waals surface area (Å²) in [5.74, 6) is -0.360. The minimum absolute atomic E-state index is 0.283. The van der Waals surface area contributed by atoms with Crippen molar-refractivity contribution < 1.29 is 27.2 Å². The van der Waals surface area contributed by atoms with Gasteiger partial charge in [0.2, 0.25) is 0 Å². The van der Waals surface area contributed by atoms with Crippen molar-refractivity contribution >= 4 is 15.0 Å². The van der Waals surface area contributed by atoms with Crippen LogP contribution in [0.1, 0.15) is 13.3 Å². The van der Waals surface area contributed by atoms with E-state index in [2.05, 4.69) is 0 Å². The zero-order valence-electron chi connectivity index (χ0n) is 10.7. The van der Waals surface area contributed by atoms with Gasteiger partial charge in [-0.2, -0.15) is 0 Å². The molecule has 7 heteroatoms. The van der Waals surface area contributed by atoms with E-state index in [9.17, 15) is 4.79 Å². The number of allylic oxidation sites excluding steroid dienone is 1. The maximum absolute atomic E-state index is 11.0. The molecule has 0 aromatic heterocycles. The summed E-state index contributed by atoms with van der Waals surface area (Å²) in [6.07, 6.45) is 3.53. The lowest BCUT2D eigenvalue weighted by atomic mass is 10.5. The Bertz CT molecular complexity index is 231. The number of carbonyl (C=O) groups excluding carboxylic acids is 1. The lowest BCUT2D eigenvalue weighted by molar-refractivity contribution is -0.138. The van der Waals surface area contributed by atoms with E-state index in [0.717, 1.165) is 0 Å². The van der Waals surface area contributed by atoms with Crippen LogP contribution in [0.4, 0.5) is 0 Å². The summed E-state index contributed by atoms with van der Waals surface area (Å²) in [4.78, 5) is 11.0. The molecule has 6 nitrogen and oxygen atoms in total. The predicted molar refractivity (Wildman–Crippen MR) is 63.1 cm³/mol. The zero-order valence-corrected chi connectivity index (χ0v) is 11.7. The number of ether oxygens (including phenoxy) is 1. The Morgan fingerprint density at radius 1 is 1.12 bits per heavy atom. The number of carbonyl (C=O) groups is 1. The van der Waals surface area contributed by atoms with Crippen LogP contribution < -0.4 is 0 Å². The van der Waals surface area contributed by atoms with Crippen LogP contribution in [0.25, 0.3) is 0 Å². The predicted octanol–water partition coefficient (Wildman–Crippen LogP) is 0.887. The Morgan fingerprint density at radius 3 is 2.18 bits per heavy atom. The van der Waals surface area contributed by atoms with E-state index in [0.29, 0.717) is 13.0 Å². The Labute approximate surface area is 103 Å². The molecule has 0 rings (SSSR count). The Balaban J connectivity index is 3.72. The molecule has 0 unspecified atom stereocenters. The van der Waals surface area contributed by atoms with Crippen molar-refractivity contribution in [3.63, 3.8) is 0 Å². The second kappa shape index (κ2) is 9.31. The molecule has 0 atom stereocenters. The van der Waals surface area contributed by atoms with E-state index in [1.165, 1.54) is 27.4 Å². The topological polar surface area (TPSA) is 63.2 Å². The van der Waals surface area contributed by atoms with E-state index in [-0.39, 0.29) is 12.6 Å². The third-order valence-electron chi connectivity index (χ3n) is 1.86. The first-order valence-electron chi connectivity index (χ1n) is 5.23. The highest BCUT2D eigenvalue weighted by Gasteiger charge is 2.41. The van der Waals surface area contributed by atoms with Crippen molar-refractivity contribution in [3.05, 3.63) is 12.2 Å². The van der Waals surface area contributed by atoms with Gasteiger partial charge < -0.3 is 22.4 Å². The third-order valence-corrected chi connectivity index (χ3v) is 3.92. The number of hydrogen-bond acceptors (Lipinski definition) is 6. The maximum atomic E-state index is 11.0. The number of esters is 1. The normalized spacial score (nSPS) is 12.0. The maximum Gasteiger partial charge on any atom is 0.678 e. The minimum atomic E-state index is -2.96. The average Bonchev–Trinajstić information content (AvgIpc) is 2.35. The van der Waals surface area contributed by atoms with Crippen molar-refractivity contribution in [2.24, 2.45) is 0 Å². The molecule has 0 spiro atoms. The first-order chi connectivity index (χ1) is 8.14. The van der Waals surface area contributed by atoms with Crippen LogP contribution in [0.5, 0.6) is 0 Å². The van der Waals surface area contributed by atoms with Gasteiger partial charge in [-0.1, -0.05) is 6.08 Å². The highest BCUT2D eigenvalue weighted by molar-refractivity contribution is 6.53. The van der Waals surface area contributed by atoms with Gasteiger partial charge in [0.15, 0.2) is 0 Å². The van der Waals surface area contributed by atoms with Gasteiger partial charge >= 0.3 is 15.0 Å². The second-order valence-electron chi connectivity index (χ2n) is 2.98. The molecule has 100 valence electrons. The number of hydrogen-bond donors (Lipinski definition) is 0. The Morgan fingerprint density at radius 2 is 1.71 bits per heavy atom. The van der Waals surface area contributed by atoms with Crippen LogP contribution in [0, 0.1) is 0 Å². The van der Waals surface area contributed by atoms with Gasteiger partial charge in [-0.05, 0) is 6.92 Å². The molecule has 0 heterocycles. The lowest BCUT2D eigenvalue weighted by Gasteiger charge is -2.22. The second-order valence-corrected chi connectivity index (χ2v) is 5.50. The van der Waals surface area contributed by atoms with Crippen molar-refractivity contribution in [1.29, 1.82) is 0 Å². The quantitative estimate of drug-likeness (QED) is 0.267. The summed E-state index contributed by atoms with van der Waals surface area (Å²) < 4.78 is 25.4. The van der Waals surface area contributed by atoms with Gasteiger partial charge in [-0.25, -0.2) is 4.79 Å². The standard InChI is InChI=1S/C10H20O6Si/c1-5-7-10(11)15-8-6-9-16-17(12-2,13-3)14-4/h5,7H,6,8-9H2,1-4H3/b7-5+. The molecule has 0 aromatic rings. The highest BCUT2D eigenvalue weighted by atomic mass is 28.4. The highest BCUT2D eigenvalue weighted by Crippen LogP contribution is 2.08. The van der Waals surface area contributed by atoms with Gasteiger partial charge in [0.25, 0.3) is 0 Å². The SMILES string of the molecule is C/C=C/C(=O)OCCCO[Si](OC)(OC)OC. The van der Waals surface area contributed by atoms with E-state index in [1.54, 1.807) is 13.0 Å². The van der Waals surface area contributed by atoms with Crippen LogP contribution in [-0.2, 0) is 27.2 Å². The molecule has 0 aromatic carbocycles. The monoisotopic (exact) mass is 264 g/mol. The average molecular weight is 264 g/mol. The summed E-state index contributed by atoms with van der Waals surface area (Å²) in [7, 11) is 1.43. The largest absolute Gasteiger partial charge is 0.678 e. The Kier molecular flexibility index (Phi) is 8.91. The molecule has 0 saturated heterocycles. The lowest BCUT2D eigenvalue weighted by Crippen LogP contribution is -2.46. The molecule has 0 N–H and O–H groups in total. The van der Waals surface area contributed by atoms with Crippen LogP contribution in [-0.4, -0.2) is 49.6 Å².